The molecule has 3 aromatic rings. The molecule has 0 aliphatic carbocycles. The molecular formula is C21H22N2O2S. The summed E-state index contributed by atoms with van der Waals surface area (Å²) in [5, 5.41) is 3.83. The number of thiazole rings is 1. The molecule has 0 saturated carbocycles. The predicted octanol–water partition coefficient (Wildman–Crippen LogP) is 4.83. The zero-order chi connectivity index (χ0) is 18.5. The lowest BCUT2D eigenvalue weighted by Gasteiger charge is -2.13. The summed E-state index contributed by atoms with van der Waals surface area (Å²) < 4.78 is 5.76. The summed E-state index contributed by atoms with van der Waals surface area (Å²) >= 11 is 1.38. The zero-order valence-corrected chi connectivity index (χ0v) is 16.0. The summed E-state index contributed by atoms with van der Waals surface area (Å²) in [7, 11) is 0. The molecule has 0 fully saturated rings. The van der Waals surface area contributed by atoms with Crippen LogP contribution < -0.4 is 10.1 Å². The van der Waals surface area contributed by atoms with Crippen molar-refractivity contribution in [3.8, 4) is 5.75 Å². The second-order valence-corrected chi connectivity index (χ2v) is 7.31. The zero-order valence-electron chi connectivity index (χ0n) is 15.2. The third-order valence-electron chi connectivity index (χ3n) is 4.08. The van der Waals surface area contributed by atoms with E-state index in [-0.39, 0.29) is 11.9 Å². The molecule has 26 heavy (non-hydrogen) atoms. The SMILES string of the molecule is Cc1ccc(OCc2nc(C)c(C(=O)NC(C)c3ccccc3)s2)cc1. The Morgan fingerprint density at radius 3 is 2.50 bits per heavy atom. The van der Waals surface area contributed by atoms with Gasteiger partial charge in [0.2, 0.25) is 0 Å². The van der Waals surface area contributed by atoms with E-state index < -0.39 is 0 Å². The van der Waals surface area contributed by atoms with Crippen molar-refractivity contribution in [1.29, 1.82) is 0 Å². The summed E-state index contributed by atoms with van der Waals surface area (Å²) in [4.78, 5) is 17.7. The van der Waals surface area contributed by atoms with Gasteiger partial charge in [-0.25, -0.2) is 4.98 Å². The molecule has 0 aliphatic rings. The Balaban J connectivity index is 1.63. The van der Waals surface area contributed by atoms with Gasteiger partial charge in [-0.3, -0.25) is 4.79 Å². The number of amides is 1. The first kappa shape index (κ1) is 18.1. The van der Waals surface area contributed by atoms with Crippen LogP contribution in [0.2, 0.25) is 0 Å². The van der Waals surface area contributed by atoms with Crippen LogP contribution in [0.5, 0.6) is 5.75 Å². The molecule has 1 atom stereocenters. The topological polar surface area (TPSA) is 51.2 Å². The highest BCUT2D eigenvalue weighted by Crippen LogP contribution is 2.22. The maximum absolute atomic E-state index is 12.6. The van der Waals surface area contributed by atoms with Crippen LogP contribution in [0.1, 0.15) is 44.5 Å². The minimum absolute atomic E-state index is 0.0579. The van der Waals surface area contributed by atoms with Gasteiger partial charge in [-0.2, -0.15) is 0 Å². The van der Waals surface area contributed by atoms with Gasteiger partial charge in [0, 0.05) is 0 Å². The summed E-state index contributed by atoms with van der Waals surface area (Å²) in [6.07, 6.45) is 0. The molecule has 0 aliphatic heterocycles. The van der Waals surface area contributed by atoms with Crippen molar-refractivity contribution in [2.75, 3.05) is 0 Å². The highest BCUT2D eigenvalue weighted by molar-refractivity contribution is 7.13. The van der Waals surface area contributed by atoms with Gasteiger partial charge in [-0.05, 0) is 38.5 Å². The number of nitrogens with one attached hydrogen (secondary N) is 1. The molecule has 4 nitrogen and oxygen atoms in total. The fourth-order valence-corrected chi connectivity index (χ4v) is 3.47. The maximum Gasteiger partial charge on any atom is 0.263 e. The number of nitrogens with zero attached hydrogens (tertiary/aromatic N) is 1. The second-order valence-electron chi connectivity index (χ2n) is 6.23. The molecule has 1 aromatic heterocycles. The van der Waals surface area contributed by atoms with Gasteiger partial charge < -0.3 is 10.1 Å². The standard InChI is InChI=1S/C21H22N2O2S/c1-14-9-11-18(12-10-14)25-13-19-22-16(3)20(26-19)21(24)23-15(2)17-7-5-4-6-8-17/h4-12,15H,13H2,1-3H3,(H,23,24). The molecule has 1 heterocycles. The van der Waals surface area contributed by atoms with E-state index in [0.717, 1.165) is 22.0 Å². The van der Waals surface area contributed by atoms with E-state index in [4.69, 9.17) is 4.74 Å². The first-order valence-electron chi connectivity index (χ1n) is 8.54. The van der Waals surface area contributed by atoms with Crippen molar-refractivity contribution in [1.82, 2.24) is 10.3 Å². The first-order valence-corrected chi connectivity index (χ1v) is 9.36. The van der Waals surface area contributed by atoms with Gasteiger partial charge >= 0.3 is 0 Å². The Morgan fingerprint density at radius 1 is 1.12 bits per heavy atom. The molecule has 5 heteroatoms. The average Bonchev–Trinajstić information content (AvgIpc) is 3.03. The fraction of sp³-hybridized carbons (Fsp3) is 0.238. The van der Waals surface area contributed by atoms with Gasteiger partial charge in [0.1, 0.15) is 22.2 Å². The molecule has 1 amide bonds. The van der Waals surface area contributed by atoms with Crippen molar-refractivity contribution < 1.29 is 9.53 Å². The molecule has 0 radical (unpaired) electrons. The largest absolute Gasteiger partial charge is 0.486 e. The number of carbonyl (C=O) groups is 1. The summed E-state index contributed by atoms with van der Waals surface area (Å²) in [5.74, 6) is 0.699. The molecule has 1 N–H and O–H groups in total. The van der Waals surface area contributed by atoms with E-state index >= 15 is 0 Å². The van der Waals surface area contributed by atoms with Crippen LogP contribution in [-0.4, -0.2) is 10.9 Å². The number of ether oxygens (including phenoxy) is 1. The van der Waals surface area contributed by atoms with E-state index in [1.165, 1.54) is 16.9 Å². The quantitative estimate of drug-likeness (QED) is 0.680. The predicted molar refractivity (Wildman–Crippen MR) is 105 cm³/mol. The maximum atomic E-state index is 12.6. The Kier molecular flexibility index (Phi) is 5.68. The Labute approximate surface area is 157 Å². The molecule has 3 rings (SSSR count). The van der Waals surface area contributed by atoms with E-state index in [9.17, 15) is 4.79 Å². The van der Waals surface area contributed by atoms with Crippen molar-refractivity contribution in [2.45, 2.75) is 33.4 Å². The minimum Gasteiger partial charge on any atom is -0.486 e. The normalized spacial score (nSPS) is 11.8. The van der Waals surface area contributed by atoms with Crippen LogP contribution in [0.25, 0.3) is 0 Å². The molecule has 2 aromatic carbocycles. The van der Waals surface area contributed by atoms with Crippen LogP contribution in [0.15, 0.2) is 54.6 Å². The summed E-state index contributed by atoms with van der Waals surface area (Å²) in [6.45, 7) is 6.23. The highest BCUT2D eigenvalue weighted by Gasteiger charge is 2.18. The summed E-state index contributed by atoms with van der Waals surface area (Å²) in [6, 6.07) is 17.7. The lowest BCUT2D eigenvalue weighted by molar-refractivity contribution is 0.0943. The first-order chi connectivity index (χ1) is 12.5. The Morgan fingerprint density at radius 2 is 1.81 bits per heavy atom. The van der Waals surface area contributed by atoms with Crippen LogP contribution in [0.4, 0.5) is 0 Å². The number of rotatable bonds is 6. The van der Waals surface area contributed by atoms with Crippen molar-refractivity contribution in [3.63, 3.8) is 0 Å². The van der Waals surface area contributed by atoms with Gasteiger partial charge in [0.05, 0.1) is 11.7 Å². The lowest BCUT2D eigenvalue weighted by atomic mass is 10.1. The van der Waals surface area contributed by atoms with Gasteiger partial charge in [-0.1, -0.05) is 48.0 Å². The number of aromatic nitrogens is 1. The van der Waals surface area contributed by atoms with E-state index in [1.54, 1.807) is 0 Å². The van der Waals surface area contributed by atoms with Gasteiger partial charge in [0.15, 0.2) is 0 Å². The minimum atomic E-state index is -0.0991. The second kappa shape index (κ2) is 8.15. The molecule has 134 valence electrons. The van der Waals surface area contributed by atoms with E-state index in [2.05, 4.69) is 10.3 Å². The monoisotopic (exact) mass is 366 g/mol. The van der Waals surface area contributed by atoms with Crippen molar-refractivity contribution in [3.05, 3.63) is 81.3 Å². The summed E-state index contributed by atoms with van der Waals surface area (Å²) in [5.41, 5.74) is 3.00. The fourth-order valence-electron chi connectivity index (χ4n) is 2.59. The number of carbonyl (C=O) groups excluding carboxylic acids is 1. The van der Waals surface area contributed by atoms with E-state index in [1.807, 2.05) is 75.4 Å². The molecule has 0 spiro atoms. The van der Waals surface area contributed by atoms with Gasteiger partial charge in [-0.15, -0.1) is 11.3 Å². The lowest BCUT2D eigenvalue weighted by Crippen LogP contribution is -2.26. The van der Waals surface area contributed by atoms with Crippen LogP contribution in [0, 0.1) is 13.8 Å². The van der Waals surface area contributed by atoms with Crippen LogP contribution in [0.3, 0.4) is 0 Å². The number of hydrogen-bond acceptors (Lipinski definition) is 4. The average molecular weight is 366 g/mol. The Bertz CT molecular complexity index is 873. The number of aryl methyl sites for hydroxylation is 2. The molecular weight excluding hydrogens is 344 g/mol. The number of hydrogen-bond donors (Lipinski definition) is 1. The van der Waals surface area contributed by atoms with Crippen molar-refractivity contribution in [2.24, 2.45) is 0 Å². The van der Waals surface area contributed by atoms with Gasteiger partial charge in [0.25, 0.3) is 5.91 Å². The molecule has 0 bridgehead atoms. The molecule has 1 unspecified atom stereocenters. The Hall–Kier alpha value is -2.66. The third-order valence-corrected chi connectivity index (χ3v) is 5.21. The highest BCUT2D eigenvalue weighted by atomic mass is 32.1. The molecule has 0 saturated heterocycles. The van der Waals surface area contributed by atoms with Crippen LogP contribution >= 0.6 is 11.3 Å². The number of benzene rings is 2. The third kappa shape index (κ3) is 4.49. The van der Waals surface area contributed by atoms with Crippen LogP contribution in [-0.2, 0) is 6.61 Å². The van der Waals surface area contributed by atoms with Crippen molar-refractivity contribution >= 4 is 17.2 Å². The van der Waals surface area contributed by atoms with E-state index in [0.29, 0.717) is 11.5 Å². The smallest absolute Gasteiger partial charge is 0.263 e.